The van der Waals surface area contributed by atoms with E-state index in [4.69, 9.17) is 16.3 Å². The molecule has 0 fully saturated rings. The summed E-state index contributed by atoms with van der Waals surface area (Å²) < 4.78 is 6.12. The highest BCUT2D eigenvalue weighted by Gasteiger charge is 2.21. The van der Waals surface area contributed by atoms with Gasteiger partial charge in [0.15, 0.2) is 5.78 Å². The molecule has 30 heavy (non-hydrogen) atoms. The van der Waals surface area contributed by atoms with Gasteiger partial charge in [-0.1, -0.05) is 41.9 Å². The van der Waals surface area contributed by atoms with E-state index in [-0.39, 0.29) is 35.9 Å². The number of rotatable bonds is 8. The number of nitrogens with one attached hydrogen (secondary N) is 1. The van der Waals surface area contributed by atoms with Crippen LogP contribution in [0.2, 0.25) is 5.02 Å². The molecule has 0 aliphatic carbocycles. The van der Waals surface area contributed by atoms with Crippen molar-refractivity contribution in [1.82, 2.24) is 9.78 Å². The van der Waals surface area contributed by atoms with E-state index < -0.39 is 10.8 Å². The Hall–Kier alpha value is -3.72. The second kappa shape index (κ2) is 9.19. The average Bonchev–Trinajstić information content (AvgIpc) is 3.17. The van der Waals surface area contributed by atoms with Gasteiger partial charge in [0.25, 0.3) is 0 Å². The van der Waals surface area contributed by atoms with Crippen LogP contribution in [0.4, 0.5) is 11.4 Å². The van der Waals surface area contributed by atoms with Gasteiger partial charge < -0.3 is 10.1 Å². The number of nitrogens with zero attached hydrogens (tertiary/aromatic N) is 3. The van der Waals surface area contributed by atoms with Crippen LogP contribution in [0.1, 0.15) is 22.3 Å². The minimum absolute atomic E-state index is 0.0242. The molecule has 1 amide bonds. The Morgan fingerprint density at radius 2 is 1.97 bits per heavy atom. The highest BCUT2D eigenvalue weighted by molar-refractivity contribution is 6.31. The molecule has 3 rings (SSSR count). The van der Waals surface area contributed by atoms with Crippen molar-refractivity contribution in [3.63, 3.8) is 0 Å². The Morgan fingerprint density at radius 1 is 1.23 bits per heavy atom. The predicted octanol–water partition coefficient (Wildman–Crippen LogP) is 3.71. The molecular formula is C20H17ClN4O5. The lowest BCUT2D eigenvalue weighted by Gasteiger charge is -2.11. The van der Waals surface area contributed by atoms with Crippen LogP contribution < -0.4 is 10.1 Å². The van der Waals surface area contributed by atoms with Crippen LogP contribution in [-0.2, 0) is 11.3 Å². The molecule has 0 unspecified atom stereocenters. The SMILES string of the molecule is COc1nn(CCC(=O)Nc2ccc(Cl)cc2C(=O)c2ccccc2)cc1[N+](=O)[O-]. The summed E-state index contributed by atoms with van der Waals surface area (Å²) in [6, 6.07) is 13.2. The number of methoxy groups -OCH3 is 1. The second-order valence-corrected chi connectivity index (χ2v) is 6.66. The number of carbonyl (C=O) groups is 2. The summed E-state index contributed by atoms with van der Waals surface area (Å²) in [6.07, 6.45) is 1.17. The van der Waals surface area contributed by atoms with Crippen LogP contribution >= 0.6 is 11.6 Å². The molecule has 154 valence electrons. The summed E-state index contributed by atoms with van der Waals surface area (Å²) in [5.41, 5.74) is 0.762. The van der Waals surface area contributed by atoms with E-state index >= 15 is 0 Å². The van der Waals surface area contributed by atoms with Crippen molar-refractivity contribution in [2.75, 3.05) is 12.4 Å². The molecule has 0 saturated heterocycles. The predicted molar refractivity (Wildman–Crippen MR) is 110 cm³/mol. The van der Waals surface area contributed by atoms with E-state index in [1.165, 1.54) is 24.1 Å². The van der Waals surface area contributed by atoms with Crippen LogP contribution in [0.25, 0.3) is 0 Å². The van der Waals surface area contributed by atoms with Crippen molar-refractivity contribution in [3.05, 3.63) is 81.0 Å². The first-order chi connectivity index (χ1) is 14.4. The van der Waals surface area contributed by atoms with Gasteiger partial charge in [-0.3, -0.25) is 24.4 Å². The number of halogens is 1. The number of anilines is 1. The standard InChI is InChI=1S/C20H17ClN4O5/c1-30-20-17(25(28)29)12-24(23-20)10-9-18(26)22-16-8-7-14(21)11-15(16)19(27)13-5-3-2-4-6-13/h2-8,11-12H,9-10H2,1H3,(H,22,26). The van der Waals surface area contributed by atoms with Crippen molar-refractivity contribution in [1.29, 1.82) is 0 Å². The molecule has 0 atom stereocenters. The summed E-state index contributed by atoms with van der Waals surface area (Å²) in [6.45, 7) is 0.0889. The minimum Gasteiger partial charge on any atom is -0.475 e. The lowest BCUT2D eigenvalue weighted by Crippen LogP contribution is -2.17. The van der Waals surface area contributed by atoms with Crippen molar-refractivity contribution in [2.24, 2.45) is 0 Å². The smallest absolute Gasteiger partial charge is 0.350 e. The lowest BCUT2D eigenvalue weighted by atomic mass is 10.0. The maximum Gasteiger partial charge on any atom is 0.350 e. The Bertz CT molecular complexity index is 1100. The summed E-state index contributed by atoms with van der Waals surface area (Å²) >= 11 is 6.04. The van der Waals surface area contributed by atoms with Gasteiger partial charge in [0.2, 0.25) is 5.91 Å². The topological polar surface area (TPSA) is 116 Å². The van der Waals surface area contributed by atoms with E-state index in [2.05, 4.69) is 10.4 Å². The first-order valence-electron chi connectivity index (χ1n) is 8.84. The molecule has 9 nitrogen and oxygen atoms in total. The van der Waals surface area contributed by atoms with E-state index in [9.17, 15) is 19.7 Å². The number of aryl methyl sites for hydroxylation is 1. The van der Waals surface area contributed by atoms with Crippen LogP contribution in [0.15, 0.2) is 54.7 Å². The van der Waals surface area contributed by atoms with Crippen LogP contribution in [0.5, 0.6) is 5.88 Å². The number of ether oxygens (including phenoxy) is 1. The summed E-state index contributed by atoms with van der Waals surface area (Å²) in [5, 5.41) is 18.0. The normalized spacial score (nSPS) is 10.5. The van der Waals surface area contributed by atoms with Crippen LogP contribution in [0, 0.1) is 10.1 Å². The first kappa shape index (κ1) is 21.0. The number of amides is 1. The van der Waals surface area contributed by atoms with E-state index in [0.29, 0.717) is 16.3 Å². The van der Waals surface area contributed by atoms with Gasteiger partial charge in [-0.15, -0.1) is 5.10 Å². The van der Waals surface area contributed by atoms with Gasteiger partial charge in [-0.2, -0.15) is 0 Å². The number of nitro groups is 1. The van der Waals surface area contributed by atoms with Gasteiger partial charge in [0.1, 0.15) is 6.20 Å². The van der Waals surface area contributed by atoms with Crippen molar-refractivity contribution >= 4 is 34.7 Å². The maximum absolute atomic E-state index is 12.8. The zero-order valence-corrected chi connectivity index (χ0v) is 16.6. The van der Waals surface area contributed by atoms with Gasteiger partial charge >= 0.3 is 11.6 Å². The molecular weight excluding hydrogens is 412 g/mol. The molecule has 2 aromatic carbocycles. The zero-order chi connectivity index (χ0) is 21.7. The molecule has 0 bridgehead atoms. The monoisotopic (exact) mass is 428 g/mol. The fourth-order valence-electron chi connectivity index (χ4n) is 2.77. The van der Waals surface area contributed by atoms with Crippen molar-refractivity contribution in [2.45, 2.75) is 13.0 Å². The molecule has 0 spiro atoms. The van der Waals surface area contributed by atoms with Crippen LogP contribution in [-0.4, -0.2) is 33.5 Å². The lowest BCUT2D eigenvalue weighted by molar-refractivity contribution is -0.385. The molecule has 10 heteroatoms. The summed E-state index contributed by atoms with van der Waals surface area (Å²) in [5.74, 6) is -0.800. The largest absolute Gasteiger partial charge is 0.475 e. The van der Waals surface area contributed by atoms with E-state index in [0.717, 1.165) is 0 Å². The molecule has 0 aliphatic rings. The number of hydrogen-bond acceptors (Lipinski definition) is 6. The van der Waals surface area contributed by atoms with Gasteiger partial charge in [0.05, 0.1) is 24.3 Å². The summed E-state index contributed by atoms with van der Waals surface area (Å²) in [4.78, 5) is 35.6. The Kier molecular flexibility index (Phi) is 6.43. The molecule has 1 heterocycles. The van der Waals surface area contributed by atoms with Crippen molar-refractivity contribution < 1.29 is 19.2 Å². The second-order valence-electron chi connectivity index (χ2n) is 6.23. The Labute approximate surface area is 176 Å². The number of aromatic nitrogens is 2. The Balaban J connectivity index is 1.73. The third-order valence-electron chi connectivity index (χ3n) is 4.20. The quantitative estimate of drug-likeness (QED) is 0.332. The number of benzene rings is 2. The third-order valence-corrected chi connectivity index (χ3v) is 4.44. The first-order valence-corrected chi connectivity index (χ1v) is 9.22. The van der Waals surface area contributed by atoms with Gasteiger partial charge in [-0.25, -0.2) is 0 Å². The third kappa shape index (κ3) is 4.81. The molecule has 0 aliphatic heterocycles. The molecule has 0 saturated carbocycles. The van der Waals surface area contributed by atoms with E-state index in [1.54, 1.807) is 42.5 Å². The number of ketones is 1. The molecule has 0 radical (unpaired) electrons. The fraction of sp³-hybridized carbons (Fsp3) is 0.150. The average molecular weight is 429 g/mol. The maximum atomic E-state index is 12.8. The zero-order valence-electron chi connectivity index (χ0n) is 15.9. The molecule has 1 N–H and O–H groups in total. The molecule has 3 aromatic rings. The highest BCUT2D eigenvalue weighted by atomic mass is 35.5. The Morgan fingerprint density at radius 3 is 2.60 bits per heavy atom. The minimum atomic E-state index is -0.614. The molecule has 1 aromatic heterocycles. The van der Waals surface area contributed by atoms with Gasteiger partial charge in [-0.05, 0) is 18.2 Å². The highest BCUT2D eigenvalue weighted by Crippen LogP contribution is 2.25. The fourth-order valence-corrected chi connectivity index (χ4v) is 2.94. The van der Waals surface area contributed by atoms with Crippen molar-refractivity contribution in [3.8, 4) is 5.88 Å². The summed E-state index contributed by atoms with van der Waals surface area (Å²) in [7, 11) is 1.28. The number of hydrogen-bond donors (Lipinski definition) is 1. The van der Waals surface area contributed by atoms with Gasteiger partial charge in [0, 0.05) is 22.6 Å². The van der Waals surface area contributed by atoms with E-state index in [1.807, 2.05) is 0 Å². The number of carbonyl (C=O) groups excluding carboxylic acids is 2. The van der Waals surface area contributed by atoms with Crippen LogP contribution in [0.3, 0.4) is 0 Å².